The summed E-state index contributed by atoms with van der Waals surface area (Å²) in [4.78, 5) is 10.9. The fraction of sp³-hybridized carbons (Fsp3) is 0. The van der Waals surface area contributed by atoms with Crippen LogP contribution >= 0.6 is 11.3 Å². The van der Waals surface area contributed by atoms with E-state index in [1.54, 1.807) is 0 Å². The van der Waals surface area contributed by atoms with E-state index in [2.05, 4.69) is 188 Å². The van der Waals surface area contributed by atoms with Crippen LogP contribution in [-0.4, -0.2) is 9.97 Å². The first-order valence-corrected chi connectivity index (χ1v) is 20.2. The Kier molecular flexibility index (Phi) is 7.13. The molecule has 0 spiro atoms. The molecule has 3 heteroatoms. The first-order valence-electron chi connectivity index (χ1n) is 19.4. The lowest BCUT2D eigenvalue weighted by molar-refractivity contribution is 1.31. The molecule has 0 saturated carbocycles. The molecule has 0 unspecified atom stereocenters. The van der Waals surface area contributed by atoms with E-state index in [1.807, 2.05) is 17.5 Å². The van der Waals surface area contributed by atoms with Gasteiger partial charge in [0.25, 0.3) is 0 Å². The second-order valence-corrected chi connectivity index (χ2v) is 15.9. The Balaban J connectivity index is 1.09. The zero-order valence-corrected chi connectivity index (χ0v) is 31.6. The summed E-state index contributed by atoms with van der Waals surface area (Å²) in [5, 5.41) is 12.1. The van der Waals surface area contributed by atoms with E-state index in [0.29, 0.717) is 0 Å². The Morgan fingerprint density at radius 1 is 0.333 bits per heavy atom. The van der Waals surface area contributed by atoms with Gasteiger partial charge >= 0.3 is 0 Å². The maximum Gasteiger partial charge on any atom is 0.0979 e. The summed E-state index contributed by atoms with van der Waals surface area (Å²) in [6.45, 7) is 0. The van der Waals surface area contributed by atoms with Gasteiger partial charge in [-0.15, -0.1) is 11.3 Å². The summed E-state index contributed by atoms with van der Waals surface area (Å²) >= 11 is 1.86. The zero-order chi connectivity index (χ0) is 37.5. The third kappa shape index (κ3) is 5.10. The molecule has 0 aliphatic carbocycles. The maximum atomic E-state index is 5.55. The minimum Gasteiger partial charge on any atom is -0.252 e. The number of aromatic nitrogens is 2. The second kappa shape index (κ2) is 12.7. The SMILES string of the molecule is c1cc(-c2cnc3c4cc(-c5cccc6ccccc56)ccc4c4ccc(-c5cccc6ccccc56)cc4c3n2)cc(-c2cccc3c2sc2ccccc23)c1. The Bertz CT molecular complexity index is 3590. The smallest absolute Gasteiger partial charge is 0.0979 e. The molecule has 0 atom stereocenters. The molecule has 0 radical (unpaired) electrons. The summed E-state index contributed by atoms with van der Waals surface area (Å²) in [6, 6.07) is 68.2. The molecule has 0 bridgehead atoms. The van der Waals surface area contributed by atoms with Gasteiger partial charge in [-0.05, 0) is 90.0 Å². The van der Waals surface area contributed by atoms with Gasteiger partial charge < -0.3 is 0 Å². The number of thiophene rings is 1. The summed E-state index contributed by atoms with van der Waals surface area (Å²) in [7, 11) is 0. The van der Waals surface area contributed by atoms with Crippen LogP contribution in [0.3, 0.4) is 0 Å². The summed E-state index contributed by atoms with van der Waals surface area (Å²) < 4.78 is 2.61. The predicted molar refractivity (Wildman–Crippen MR) is 244 cm³/mol. The molecule has 10 aromatic carbocycles. The van der Waals surface area contributed by atoms with Crippen LogP contribution in [0.2, 0.25) is 0 Å². The largest absolute Gasteiger partial charge is 0.252 e. The van der Waals surface area contributed by atoms with E-state index in [0.717, 1.165) is 38.6 Å². The summed E-state index contributed by atoms with van der Waals surface area (Å²) in [6.07, 6.45) is 1.96. The normalized spacial score (nSPS) is 11.9. The van der Waals surface area contributed by atoms with E-state index in [1.165, 1.54) is 80.3 Å². The number of hydrogen-bond donors (Lipinski definition) is 0. The molecule has 0 amide bonds. The van der Waals surface area contributed by atoms with E-state index in [9.17, 15) is 0 Å². The van der Waals surface area contributed by atoms with Gasteiger partial charge in [0.2, 0.25) is 0 Å². The highest BCUT2D eigenvalue weighted by Gasteiger charge is 2.17. The molecule has 0 fully saturated rings. The van der Waals surface area contributed by atoms with Gasteiger partial charge in [0.15, 0.2) is 0 Å². The molecule has 264 valence electrons. The number of nitrogens with zero attached hydrogens (tertiary/aromatic N) is 2. The van der Waals surface area contributed by atoms with Crippen LogP contribution in [0.15, 0.2) is 194 Å². The van der Waals surface area contributed by atoms with Crippen LogP contribution in [0.4, 0.5) is 0 Å². The van der Waals surface area contributed by atoms with Crippen LogP contribution in [0, 0.1) is 0 Å². The molecule has 0 aliphatic heterocycles. The molecule has 0 saturated heterocycles. The third-order valence-corrected chi connectivity index (χ3v) is 12.9. The monoisotopic (exact) mass is 740 g/mol. The Morgan fingerprint density at radius 3 is 1.58 bits per heavy atom. The first kappa shape index (κ1) is 32.1. The predicted octanol–water partition coefficient (Wildman–Crippen LogP) is 15.3. The molecule has 57 heavy (non-hydrogen) atoms. The van der Waals surface area contributed by atoms with Crippen LogP contribution < -0.4 is 0 Å². The van der Waals surface area contributed by atoms with Crippen molar-refractivity contribution in [2.75, 3.05) is 0 Å². The van der Waals surface area contributed by atoms with Crippen LogP contribution in [0.5, 0.6) is 0 Å². The van der Waals surface area contributed by atoms with Crippen molar-refractivity contribution < 1.29 is 0 Å². The average Bonchev–Trinajstić information content (AvgIpc) is 3.67. The topological polar surface area (TPSA) is 25.8 Å². The van der Waals surface area contributed by atoms with Crippen LogP contribution in [-0.2, 0) is 0 Å². The highest BCUT2D eigenvalue weighted by atomic mass is 32.1. The van der Waals surface area contributed by atoms with Gasteiger partial charge in [-0.3, -0.25) is 4.98 Å². The lowest BCUT2D eigenvalue weighted by atomic mass is 9.91. The molecule has 12 aromatic rings. The molecule has 0 aliphatic rings. The Labute approximate surface area is 333 Å². The number of hydrogen-bond acceptors (Lipinski definition) is 3. The van der Waals surface area contributed by atoms with Crippen molar-refractivity contribution in [3.8, 4) is 44.6 Å². The number of fused-ring (bicyclic) bond motifs is 11. The number of rotatable bonds is 4. The quantitative estimate of drug-likeness (QED) is 0.168. The van der Waals surface area contributed by atoms with Gasteiger partial charge in [0, 0.05) is 36.5 Å². The molecular formula is C54H32N2S. The van der Waals surface area contributed by atoms with Crippen molar-refractivity contribution in [2.24, 2.45) is 0 Å². The van der Waals surface area contributed by atoms with E-state index < -0.39 is 0 Å². The van der Waals surface area contributed by atoms with Crippen LogP contribution in [0.1, 0.15) is 0 Å². The van der Waals surface area contributed by atoms with Crippen molar-refractivity contribution in [3.05, 3.63) is 194 Å². The van der Waals surface area contributed by atoms with Gasteiger partial charge in [0.05, 0.1) is 22.9 Å². The van der Waals surface area contributed by atoms with Crippen LogP contribution in [0.25, 0.3) is 119 Å². The van der Waals surface area contributed by atoms with E-state index >= 15 is 0 Å². The van der Waals surface area contributed by atoms with Gasteiger partial charge in [-0.2, -0.15) is 0 Å². The average molecular weight is 741 g/mol. The van der Waals surface area contributed by atoms with Crippen molar-refractivity contribution in [1.82, 2.24) is 9.97 Å². The van der Waals surface area contributed by atoms with Crippen molar-refractivity contribution >= 4 is 85.6 Å². The minimum absolute atomic E-state index is 0.856. The molecular weight excluding hydrogens is 709 g/mol. The molecule has 2 nitrogen and oxygen atoms in total. The van der Waals surface area contributed by atoms with Gasteiger partial charge in [-0.1, -0.05) is 164 Å². The van der Waals surface area contributed by atoms with E-state index in [4.69, 9.17) is 9.97 Å². The maximum absolute atomic E-state index is 5.55. The highest BCUT2D eigenvalue weighted by Crippen LogP contribution is 2.42. The Hall–Kier alpha value is -7.20. The summed E-state index contributed by atoms with van der Waals surface area (Å²) in [5.41, 5.74) is 10.9. The standard InChI is InChI=1S/C54H32N2S/c1-3-17-39-33(11-1)13-8-20-41(39)36-25-27-44-45-28-26-37(42-21-9-14-34-12-2-4-18-40(34)42)31-49(45)53-52(48(44)30-36)55-32-50(56-53)38-16-7-15-35(29-38)43-22-10-23-47-46-19-5-6-24-51(46)57-54(43)47/h1-32H. The molecule has 2 aromatic heterocycles. The lowest BCUT2D eigenvalue weighted by Crippen LogP contribution is -1.94. The Morgan fingerprint density at radius 2 is 0.860 bits per heavy atom. The highest BCUT2D eigenvalue weighted by molar-refractivity contribution is 7.26. The number of benzene rings is 10. The first-order chi connectivity index (χ1) is 28.2. The minimum atomic E-state index is 0.856. The molecule has 2 heterocycles. The molecule has 12 rings (SSSR count). The third-order valence-electron chi connectivity index (χ3n) is 11.7. The zero-order valence-electron chi connectivity index (χ0n) is 30.8. The lowest BCUT2D eigenvalue weighted by Gasteiger charge is -2.15. The fourth-order valence-electron chi connectivity index (χ4n) is 8.97. The van der Waals surface area contributed by atoms with E-state index in [-0.39, 0.29) is 0 Å². The molecule has 0 N–H and O–H groups in total. The van der Waals surface area contributed by atoms with Crippen molar-refractivity contribution in [2.45, 2.75) is 0 Å². The van der Waals surface area contributed by atoms with Gasteiger partial charge in [0.1, 0.15) is 0 Å². The second-order valence-electron chi connectivity index (χ2n) is 14.9. The fourth-order valence-corrected chi connectivity index (χ4v) is 10.2. The van der Waals surface area contributed by atoms with Crippen molar-refractivity contribution in [1.29, 1.82) is 0 Å². The van der Waals surface area contributed by atoms with Crippen molar-refractivity contribution in [3.63, 3.8) is 0 Å². The summed E-state index contributed by atoms with van der Waals surface area (Å²) in [5.74, 6) is 0. The van der Waals surface area contributed by atoms with Gasteiger partial charge in [-0.25, -0.2) is 4.98 Å².